The van der Waals surface area contributed by atoms with E-state index in [1.807, 2.05) is 0 Å². The third-order valence-electron chi connectivity index (χ3n) is 2.64. The van der Waals surface area contributed by atoms with Gasteiger partial charge in [-0.1, -0.05) is 6.92 Å². The SMILES string of the molecule is CC[C@@H](C(N)=O)N1C[C@@H](C=C(F)F)CC1=O. The number of nitrogens with two attached hydrogens (primary N) is 1. The summed E-state index contributed by atoms with van der Waals surface area (Å²) in [6.45, 7) is 1.86. The Hall–Kier alpha value is -1.46. The van der Waals surface area contributed by atoms with Crippen LogP contribution in [0.3, 0.4) is 0 Å². The standard InChI is InChI=1S/C10H14F2N2O2/c1-2-7(10(13)16)14-5-6(3-8(11)12)4-9(14)15/h3,6-7H,2,4-5H2,1H3,(H2,13,16)/t6-,7-/m0/s1. The van der Waals surface area contributed by atoms with E-state index in [9.17, 15) is 18.4 Å². The second-order valence-electron chi connectivity index (χ2n) is 3.79. The highest BCUT2D eigenvalue weighted by Gasteiger charge is 2.35. The molecule has 0 radical (unpaired) electrons. The molecule has 1 rings (SSSR count). The Bertz CT molecular complexity index is 327. The first-order valence-corrected chi connectivity index (χ1v) is 5.07. The molecule has 0 bridgehead atoms. The summed E-state index contributed by atoms with van der Waals surface area (Å²) < 4.78 is 24.0. The van der Waals surface area contributed by atoms with Crippen molar-refractivity contribution in [1.29, 1.82) is 0 Å². The number of carbonyl (C=O) groups is 2. The van der Waals surface area contributed by atoms with Gasteiger partial charge in [0.15, 0.2) is 0 Å². The lowest BCUT2D eigenvalue weighted by molar-refractivity contribution is -0.136. The molecular weight excluding hydrogens is 218 g/mol. The molecule has 1 fully saturated rings. The van der Waals surface area contributed by atoms with Gasteiger partial charge in [0.05, 0.1) is 0 Å². The van der Waals surface area contributed by atoms with Crippen LogP contribution in [0.4, 0.5) is 8.78 Å². The van der Waals surface area contributed by atoms with Crippen molar-refractivity contribution in [3.63, 3.8) is 0 Å². The Kier molecular flexibility index (Phi) is 3.98. The summed E-state index contributed by atoms with van der Waals surface area (Å²) >= 11 is 0. The van der Waals surface area contributed by atoms with E-state index < -0.39 is 23.9 Å². The maximum Gasteiger partial charge on any atom is 0.266 e. The second-order valence-corrected chi connectivity index (χ2v) is 3.79. The highest BCUT2D eigenvalue weighted by molar-refractivity contribution is 5.87. The molecule has 0 spiro atoms. The first kappa shape index (κ1) is 12.6. The van der Waals surface area contributed by atoms with Gasteiger partial charge in [-0.15, -0.1) is 0 Å². The van der Waals surface area contributed by atoms with Crippen LogP contribution in [-0.2, 0) is 9.59 Å². The average molecular weight is 232 g/mol. The largest absolute Gasteiger partial charge is 0.368 e. The zero-order valence-corrected chi connectivity index (χ0v) is 8.95. The molecular formula is C10H14F2N2O2. The van der Waals surface area contributed by atoms with Crippen LogP contribution in [0.15, 0.2) is 12.2 Å². The third-order valence-corrected chi connectivity index (χ3v) is 2.64. The molecule has 2 amide bonds. The fraction of sp³-hybridized carbons (Fsp3) is 0.600. The molecule has 1 heterocycles. The minimum Gasteiger partial charge on any atom is -0.368 e. The Morgan fingerprint density at radius 2 is 2.31 bits per heavy atom. The number of nitrogens with zero attached hydrogens (tertiary/aromatic N) is 1. The first-order valence-electron chi connectivity index (χ1n) is 5.07. The number of likely N-dealkylation sites (tertiary alicyclic amines) is 1. The number of carbonyl (C=O) groups excluding carboxylic acids is 2. The van der Waals surface area contributed by atoms with Gasteiger partial charge >= 0.3 is 0 Å². The molecule has 0 unspecified atom stereocenters. The van der Waals surface area contributed by atoms with Crippen LogP contribution in [0.5, 0.6) is 0 Å². The number of halogens is 2. The Labute approximate surface area is 92.1 Å². The molecule has 0 aromatic rings. The normalized spacial score (nSPS) is 22.1. The molecule has 16 heavy (non-hydrogen) atoms. The zero-order chi connectivity index (χ0) is 12.3. The predicted molar refractivity (Wildman–Crippen MR) is 53.4 cm³/mol. The van der Waals surface area contributed by atoms with Crippen LogP contribution in [0.25, 0.3) is 0 Å². The molecule has 0 aromatic heterocycles. The third kappa shape index (κ3) is 2.77. The number of hydrogen-bond acceptors (Lipinski definition) is 2. The first-order chi connectivity index (χ1) is 7.45. The summed E-state index contributed by atoms with van der Waals surface area (Å²) in [7, 11) is 0. The number of amides is 2. The monoisotopic (exact) mass is 232 g/mol. The summed E-state index contributed by atoms with van der Waals surface area (Å²) in [4.78, 5) is 23.9. The predicted octanol–water partition coefficient (Wildman–Crippen LogP) is 0.879. The van der Waals surface area contributed by atoms with Crippen molar-refractivity contribution in [3.05, 3.63) is 12.2 Å². The van der Waals surface area contributed by atoms with Crippen LogP contribution in [0.1, 0.15) is 19.8 Å². The second kappa shape index (κ2) is 5.05. The zero-order valence-electron chi connectivity index (χ0n) is 8.95. The molecule has 90 valence electrons. The van der Waals surface area contributed by atoms with Crippen molar-refractivity contribution in [2.75, 3.05) is 6.54 Å². The molecule has 1 saturated heterocycles. The van der Waals surface area contributed by atoms with Gasteiger partial charge in [0.2, 0.25) is 11.8 Å². The van der Waals surface area contributed by atoms with E-state index in [0.717, 1.165) is 6.08 Å². The van der Waals surface area contributed by atoms with Gasteiger partial charge in [-0.25, -0.2) is 0 Å². The van der Waals surface area contributed by atoms with Crippen LogP contribution in [0.2, 0.25) is 0 Å². The molecule has 0 aliphatic carbocycles. The van der Waals surface area contributed by atoms with Crippen LogP contribution in [-0.4, -0.2) is 29.3 Å². The van der Waals surface area contributed by atoms with E-state index in [1.165, 1.54) is 4.90 Å². The van der Waals surface area contributed by atoms with Crippen molar-refractivity contribution in [2.24, 2.45) is 11.7 Å². The molecule has 6 heteroatoms. The van der Waals surface area contributed by atoms with Crippen molar-refractivity contribution in [2.45, 2.75) is 25.8 Å². The highest BCUT2D eigenvalue weighted by atomic mass is 19.3. The average Bonchev–Trinajstić information content (AvgIpc) is 2.46. The van der Waals surface area contributed by atoms with E-state index in [-0.39, 0.29) is 18.9 Å². The summed E-state index contributed by atoms with van der Waals surface area (Å²) in [5.74, 6) is -1.42. The smallest absolute Gasteiger partial charge is 0.266 e. The van der Waals surface area contributed by atoms with E-state index in [0.29, 0.717) is 6.42 Å². The molecule has 1 aliphatic rings. The van der Waals surface area contributed by atoms with Gasteiger partial charge in [-0.2, -0.15) is 8.78 Å². The van der Waals surface area contributed by atoms with Crippen LogP contribution in [0, 0.1) is 5.92 Å². The number of primary amides is 1. The topological polar surface area (TPSA) is 63.4 Å². The summed E-state index contributed by atoms with van der Waals surface area (Å²) in [6.07, 6.45) is -0.630. The van der Waals surface area contributed by atoms with E-state index in [2.05, 4.69) is 0 Å². The van der Waals surface area contributed by atoms with Crippen molar-refractivity contribution in [1.82, 2.24) is 4.90 Å². The minimum absolute atomic E-state index is 0.0150. The van der Waals surface area contributed by atoms with E-state index in [1.54, 1.807) is 6.92 Å². The summed E-state index contributed by atoms with van der Waals surface area (Å²) in [5, 5.41) is 0. The quantitative estimate of drug-likeness (QED) is 0.782. The van der Waals surface area contributed by atoms with Crippen molar-refractivity contribution >= 4 is 11.8 Å². The molecule has 0 aromatic carbocycles. The molecule has 4 nitrogen and oxygen atoms in total. The Balaban J connectivity index is 2.74. The van der Waals surface area contributed by atoms with Gasteiger partial charge in [0.25, 0.3) is 6.08 Å². The number of hydrogen-bond donors (Lipinski definition) is 1. The maximum atomic E-state index is 12.0. The molecule has 1 aliphatic heterocycles. The molecule has 2 atom stereocenters. The van der Waals surface area contributed by atoms with Crippen LogP contribution >= 0.6 is 0 Å². The highest BCUT2D eigenvalue weighted by Crippen LogP contribution is 2.23. The van der Waals surface area contributed by atoms with E-state index >= 15 is 0 Å². The lowest BCUT2D eigenvalue weighted by Crippen LogP contribution is -2.45. The van der Waals surface area contributed by atoms with Crippen molar-refractivity contribution < 1.29 is 18.4 Å². The van der Waals surface area contributed by atoms with Crippen LogP contribution < -0.4 is 5.73 Å². The van der Waals surface area contributed by atoms with Gasteiger partial charge < -0.3 is 10.6 Å². The number of rotatable bonds is 4. The summed E-state index contributed by atoms with van der Waals surface area (Å²) in [5.41, 5.74) is 5.14. The fourth-order valence-electron chi connectivity index (χ4n) is 1.93. The van der Waals surface area contributed by atoms with Gasteiger partial charge in [0, 0.05) is 18.9 Å². The lowest BCUT2D eigenvalue weighted by Gasteiger charge is -2.23. The van der Waals surface area contributed by atoms with E-state index in [4.69, 9.17) is 5.73 Å². The minimum atomic E-state index is -1.80. The lowest BCUT2D eigenvalue weighted by atomic mass is 10.1. The molecule has 0 saturated carbocycles. The Morgan fingerprint density at radius 3 is 2.75 bits per heavy atom. The fourth-order valence-corrected chi connectivity index (χ4v) is 1.93. The maximum absolute atomic E-state index is 12.0. The summed E-state index contributed by atoms with van der Waals surface area (Å²) in [6, 6.07) is -0.687. The van der Waals surface area contributed by atoms with Gasteiger partial charge in [-0.05, 0) is 12.5 Å². The Morgan fingerprint density at radius 1 is 1.69 bits per heavy atom. The van der Waals surface area contributed by atoms with Gasteiger partial charge in [0.1, 0.15) is 6.04 Å². The molecule has 2 N–H and O–H groups in total. The van der Waals surface area contributed by atoms with Gasteiger partial charge in [-0.3, -0.25) is 9.59 Å². The van der Waals surface area contributed by atoms with Crippen molar-refractivity contribution in [3.8, 4) is 0 Å².